The van der Waals surface area contributed by atoms with Crippen LogP contribution in [0.2, 0.25) is 0 Å². The molecule has 1 atom stereocenters. The molecule has 2 aromatic rings. The Morgan fingerprint density at radius 2 is 2.10 bits per heavy atom. The lowest BCUT2D eigenvalue weighted by Crippen LogP contribution is -2.17. The zero-order chi connectivity index (χ0) is 14.5. The van der Waals surface area contributed by atoms with Crippen molar-refractivity contribution in [1.29, 1.82) is 0 Å². The van der Waals surface area contributed by atoms with Gasteiger partial charge >= 0.3 is 0 Å². The van der Waals surface area contributed by atoms with Crippen LogP contribution in [0.5, 0.6) is 0 Å². The number of anilines is 1. The van der Waals surface area contributed by atoms with Crippen molar-refractivity contribution in [1.82, 2.24) is 9.97 Å². The second-order valence-electron chi connectivity index (χ2n) is 4.75. The Hall–Kier alpha value is -1.88. The van der Waals surface area contributed by atoms with E-state index in [-0.39, 0.29) is 6.04 Å². The number of rotatable bonds is 6. The van der Waals surface area contributed by atoms with Gasteiger partial charge < -0.3 is 14.5 Å². The van der Waals surface area contributed by atoms with Gasteiger partial charge in [0.1, 0.15) is 29.2 Å². The van der Waals surface area contributed by atoms with Gasteiger partial charge in [0.25, 0.3) is 0 Å². The van der Waals surface area contributed by atoms with Crippen molar-refractivity contribution >= 4 is 5.82 Å². The molecular weight excluding hydrogens is 254 g/mol. The van der Waals surface area contributed by atoms with Gasteiger partial charge in [0.2, 0.25) is 0 Å². The Kier molecular flexibility index (Phi) is 4.74. The highest BCUT2D eigenvalue weighted by Crippen LogP contribution is 2.21. The van der Waals surface area contributed by atoms with Gasteiger partial charge in [0.05, 0.1) is 6.61 Å². The van der Waals surface area contributed by atoms with E-state index in [1.807, 2.05) is 32.0 Å². The molecule has 1 N–H and O–H groups in total. The van der Waals surface area contributed by atoms with Crippen molar-refractivity contribution in [2.45, 2.75) is 33.2 Å². The van der Waals surface area contributed by atoms with Crippen molar-refractivity contribution in [3.05, 3.63) is 41.2 Å². The third-order valence-electron chi connectivity index (χ3n) is 3.01. The first-order valence-corrected chi connectivity index (χ1v) is 6.78. The smallest absolute Gasteiger partial charge is 0.130 e. The molecular formula is C15H21N3O2. The molecule has 108 valence electrons. The Morgan fingerprint density at radius 1 is 1.30 bits per heavy atom. The van der Waals surface area contributed by atoms with Crippen molar-refractivity contribution in [3.8, 4) is 0 Å². The Morgan fingerprint density at radius 3 is 2.70 bits per heavy atom. The number of hydrogen-bond donors (Lipinski definition) is 1. The standard InChI is InChI=1S/C15H21N3O2/c1-5-12-8-15(17-11(3)16-12)18-13(9-19-4)14-7-6-10(2)20-14/h6-8,13H,5,9H2,1-4H3,(H,16,17,18). The quantitative estimate of drug-likeness (QED) is 0.878. The van der Waals surface area contributed by atoms with Crippen LogP contribution in [0.15, 0.2) is 22.6 Å². The summed E-state index contributed by atoms with van der Waals surface area (Å²) >= 11 is 0. The fraction of sp³-hybridized carbons (Fsp3) is 0.467. The summed E-state index contributed by atoms with van der Waals surface area (Å²) in [5.74, 6) is 3.29. The highest BCUT2D eigenvalue weighted by molar-refractivity contribution is 5.38. The maximum Gasteiger partial charge on any atom is 0.130 e. The summed E-state index contributed by atoms with van der Waals surface area (Å²) in [6.45, 7) is 6.41. The number of nitrogens with zero attached hydrogens (tertiary/aromatic N) is 2. The van der Waals surface area contributed by atoms with Gasteiger partial charge in [-0.05, 0) is 32.4 Å². The topological polar surface area (TPSA) is 60.2 Å². The Bertz CT molecular complexity index is 566. The molecule has 0 saturated carbocycles. The summed E-state index contributed by atoms with van der Waals surface area (Å²) in [4.78, 5) is 8.79. The molecule has 0 bridgehead atoms. The van der Waals surface area contributed by atoms with Crippen LogP contribution >= 0.6 is 0 Å². The van der Waals surface area contributed by atoms with Crippen LogP contribution in [0.3, 0.4) is 0 Å². The molecule has 0 spiro atoms. The third kappa shape index (κ3) is 3.57. The lowest BCUT2D eigenvalue weighted by atomic mass is 10.2. The van der Waals surface area contributed by atoms with Gasteiger partial charge in [-0.25, -0.2) is 9.97 Å². The maximum atomic E-state index is 5.67. The van der Waals surface area contributed by atoms with Crippen LogP contribution in [-0.4, -0.2) is 23.7 Å². The molecule has 0 aliphatic heterocycles. The SMILES string of the molecule is CCc1cc(NC(COC)c2ccc(C)o2)nc(C)n1. The predicted octanol–water partition coefficient (Wildman–Crippen LogP) is 3.05. The molecule has 1 unspecified atom stereocenters. The molecule has 2 aromatic heterocycles. The van der Waals surface area contributed by atoms with Crippen molar-refractivity contribution in [2.24, 2.45) is 0 Å². The summed E-state index contributed by atoms with van der Waals surface area (Å²) in [5.41, 5.74) is 1.02. The predicted molar refractivity (Wildman–Crippen MR) is 77.8 cm³/mol. The molecule has 0 fully saturated rings. The van der Waals surface area contributed by atoms with E-state index in [1.165, 1.54) is 0 Å². The van der Waals surface area contributed by atoms with E-state index < -0.39 is 0 Å². The number of methoxy groups -OCH3 is 1. The zero-order valence-electron chi connectivity index (χ0n) is 12.4. The summed E-state index contributed by atoms with van der Waals surface area (Å²) in [7, 11) is 1.67. The second kappa shape index (κ2) is 6.52. The van der Waals surface area contributed by atoms with E-state index in [4.69, 9.17) is 9.15 Å². The summed E-state index contributed by atoms with van der Waals surface area (Å²) < 4.78 is 10.9. The van der Waals surface area contributed by atoms with Crippen LogP contribution in [0.4, 0.5) is 5.82 Å². The van der Waals surface area contributed by atoms with E-state index in [2.05, 4.69) is 22.2 Å². The van der Waals surface area contributed by atoms with Gasteiger partial charge in [0, 0.05) is 18.9 Å². The number of furan rings is 1. The number of aromatic nitrogens is 2. The third-order valence-corrected chi connectivity index (χ3v) is 3.01. The van der Waals surface area contributed by atoms with Crippen LogP contribution < -0.4 is 5.32 Å². The Balaban J connectivity index is 2.21. The van der Waals surface area contributed by atoms with Crippen LogP contribution in [0, 0.1) is 13.8 Å². The minimum atomic E-state index is -0.0623. The minimum Gasteiger partial charge on any atom is -0.464 e. The summed E-state index contributed by atoms with van der Waals surface area (Å²) in [6, 6.07) is 5.81. The first kappa shape index (κ1) is 14.5. The van der Waals surface area contributed by atoms with E-state index >= 15 is 0 Å². The zero-order valence-corrected chi connectivity index (χ0v) is 12.4. The molecule has 0 saturated heterocycles. The largest absolute Gasteiger partial charge is 0.464 e. The highest BCUT2D eigenvalue weighted by atomic mass is 16.5. The number of nitrogens with one attached hydrogen (secondary N) is 1. The van der Waals surface area contributed by atoms with E-state index in [0.29, 0.717) is 6.61 Å². The number of hydrogen-bond acceptors (Lipinski definition) is 5. The van der Waals surface area contributed by atoms with Gasteiger partial charge in [-0.2, -0.15) is 0 Å². The van der Waals surface area contributed by atoms with Crippen LogP contribution in [-0.2, 0) is 11.2 Å². The molecule has 5 nitrogen and oxygen atoms in total. The lowest BCUT2D eigenvalue weighted by molar-refractivity contribution is 0.178. The summed E-state index contributed by atoms with van der Waals surface area (Å²) in [5, 5.41) is 3.36. The molecule has 20 heavy (non-hydrogen) atoms. The van der Waals surface area contributed by atoms with Crippen LogP contribution in [0.25, 0.3) is 0 Å². The molecule has 0 aromatic carbocycles. The monoisotopic (exact) mass is 275 g/mol. The average molecular weight is 275 g/mol. The van der Waals surface area contributed by atoms with Gasteiger partial charge in [0.15, 0.2) is 0 Å². The second-order valence-corrected chi connectivity index (χ2v) is 4.75. The van der Waals surface area contributed by atoms with E-state index in [0.717, 1.165) is 35.3 Å². The van der Waals surface area contributed by atoms with Gasteiger partial charge in [-0.3, -0.25) is 0 Å². The van der Waals surface area contributed by atoms with E-state index in [1.54, 1.807) is 7.11 Å². The van der Waals surface area contributed by atoms with E-state index in [9.17, 15) is 0 Å². The fourth-order valence-corrected chi connectivity index (χ4v) is 2.07. The molecule has 0 amide bonds. The molecule has 5 heteroatoms. The molecule has 2 rings (SSSR count). The van der Waals surface area contributed by atoms with Gasteiger partial charge in [-0.15, -0.1) is 0 Å². The van der Waals surface area contributed by atoms with Crippen molar-refractivity contribution in [3.63, 3.8) is 0 Å². The summed E-state index contributed by atoms with van der Waals surface area (Å²) in [6.07, 6.45) is 0.882. The van der Waals surface area contributed by atoms with Crippen LogP contribution in [0.1, 0.15) is 36.0 Å². The minimum absolute atomic E-state index is 0.0623. The lowest BCUT2D eigenvalue weighted by Gasteiger charge is -2.17. The number of ether oxygens (including phenoxy) is 1. The van der Waals surface area contributed by atoms with Crippen molar-refractivity contribution in [2.75, 3.05) is 19.0 Å². The first-order valence-electron chi connectivity index (χ1n) is 6.78. The van der Waals surface area contributed by atoms with Crippen molar-refractivity contribution < 1.29 is 9.15 Å². The molecule has 0 radical (unpaired) electrons. The first-order chi connectivity index (χ1) is 9.62. The fourth-order valence-electron chi connectivity index (χ4n) is 2.07. The highest BCUT2D eigenvalue weighted by Gasteiger charge is 2.16. The molecule has 0 aliphatic carbocycles. The van der Waals surface area contributed by atoms with Gasteiger partial charge in [-0.1, -0.05) is 6.92 Å². The number of aryl methyl sites for hydroxylation is 3. The Labute approximate surface area is 119 Å². The molecule has 0 aliphatic rings. The molecule has 2 heterocycles. The normalized spacial score (nSPS) is 12.4. The average Bonchev–Trinajstić information content (AvgIpc) is 2.84. The maximum absolute atomic E-state index is 5.67.